The molecule has 2 saturated carbocycles. The lowest BCUT2D eigenvalue weighted by Crippen LogP contribution is -2.53. The van der Waals surface area contributed by atoms with Crippen molar-refractivity contribution in [1.82, 2.24) is 10.2 Å². The SMILES string of the molecule is CC(C1CC1)N1CC(CC2CC2)CC(NCC(F)F)C1. The van der Waals surface area contributed by atoms with Crippen molar-refractivity contribution in [3.05, 3.63) is 0 Å². The van der Waals surface area contributed by atoms with Crippen molar-refractivity contribution in [2.45, 2.75) is 64.0 Å². The molecule has 1 aliphatic heterocycles. The summed E-state index contributed by atoms with van der Waals surface area (Å²) < 4.78 is 24.8. The van der Waals surface area contributed by atoms with Crippen molar-refractivity contribution in [1.29, 1.82) is 0 Å². The Hall–Kier alpha value is -0.220. The first-order valence-electron chi connectivity index (χ1n) is 8.37. The van der Waals surface area contributed by atoms with Crippen LogP contribution >= 0.6 is 0 Å². The van der Waals surface area contributed by atoms with Gasteiger partial charge in [-0.05, 0) is 50.4 Å². The Balaban J connectivity index is 1.54. The highest BCUT2D eigenvalue weighted by molar-refractivity contribution is 4.93. The topological polar surface area (TPSA) is 15.3 Å². The van der Waals surface area contributed by atoms with Crippen LogP contribution in [0.4, 0.5) is 8.78 Å². The molecule has 1 heterocycles. The molecule has 3 rings (SSSR count). The molecule has 0 aromatic rings. The van der Waals surface area contributed by atoms with E-state index in [1.807, 2.05) is 0 Å². The van der Waals surface area contributed by atoms with Crippen LogP contribution in [0.2, 0.25) is 0 Å². The van der Waals surface area contributed by atoms with E-state index in [4.69, 9.17) is 0 Å². The molecule has 116 valence electrons. The predicted octanol–water partition coefficient (Wildman–Crippen LogP) is 3.13. The Kier molecular flexibility index (Phi) is 4.61. The molecule has 0 aromatic heterocycles. The van der Waals surface area contributed by atoms with Crippen LogP contribution in [0, 0.1) is 17.8 Å². The third-order valence-corrected chi connectivity index (χ3v) is 5.37. The van der Waals surface area contributed by atoms with Crippen molar-refractivity contribution >= 4 is 0 Å². The van der Waals surface area contributed by atoms with Gasteiger partial charge in [-0.15, -0.1) is 0 Å². The number of nitrogens with zero attached hydrogens (tertiary/aromatic N) is 1. The van der Waals surface area contributed by atoms with Crippen molar-refractivity contribution in [2.75, 3.05) is 19.6 Å². The highest BCUT2D eigenvalue weighted by Crippen LogP contribution is 2.40. The van der Waals surface area contributed by atoms with E-state index in [1.165, 1.54) is 38.6 Å². The van der Waals surface area contributed by atoms with Gasteiger partial charge in [0.05, 0.1) is 6.54 Å². The lowest BCUT2D eigenvalue weighted by Gasteiger charge is -2.41. The van der Waals surface area contributed by atoms with Gasteiger partial charge in [0.2, 0.25) is 0 Å². The van der Waals surface area contributed by atoms with E-state index in [9.17, 15) is 8.78 Å². The molecule has 3 atom stereocenters. The van der Waals surface area contributed by atoms with Crippen molar-refractivity contribution < 1.29 is 8.78 Å². The molecule has 2 nitrogen and oxygen atoms in total. The summed E-state index contributed by atoms with van der Waals surface area (Å²) in [4.78, 5) is 2.58. The van der Waals surface area contributed by atoms with Crippen LogP contribution in [-0.4, -0.2) is 43.0 Å². The number of halogens is 2. The molecule has 20 heavy (non-hydrogen) atoms. The maximum atomic E-state index is 12.4. The average molecular weight is 286 g/mol. The summed E-state index contributed by atoms with van der Waals surface area (Å²) in [6.45, 7) is 4.35. The average Bonchev–Trinajstić information content (AvgIpc) is 3.27. The molecule has 0 amide bonds. The van der Waals surface area contributed by atoms with Crippen LogP contribution in [-0.2, 0) is 0 Å². The molecular formula is C16H28F2N2. The Morgan fingerprint density at radius 2 is 1.85 bits per heavy atom. The molecule has 0 spiro atoms. The van der Waals surface area contributed by atoms with E-state index in [-0.39, 0.29) is 12.6 Å². The first-order chi connectivity index (χ1) is 9.61. The Bertz CT molecular complexity index is 316. The zero-order valence-electron chi connectivity index (χ0n) is 12.5. The van der Waals surface area contributed by atoms with E-state index in [2.05, 4.69) is 17.1 Å². The van der Waals surface area contributed by atoms with Gasteiger partial charge in [0, 0.05) is 25.2 Å². The van der Waals surface area contributed by atoms with Crippen LogP contribution in [0.1, 0.15) is 45.4 Å². The largest absolute Gasteiger partial charge is 0.307 e. The maximum absolute atomic E-state index is 12.4. The van der Waals surface area contributed by atoms with Gasteiger partial charge in [0.1, 0.15) is 0 Å². The van der Waals surface area contributed by atoms with Crippen LogP contribution in [0.25, 0.3) is 0 Å². The van der Waals surface area contributed by atoms with Crippen molar-refractivity contribution in [2.24, 2.45) is 17.8 Å². The molecule has 0 bridgehead atoms. The molecule has 2 aliphatic carbocycles. The summed E-state index contributed by atoms with van der Waals surface area (Å²) in [5, 5.41) is 3.10. The van der Waals surface area contributed by atoms with Gasteiger partial charge < -0.3 is 5.32 Å². The van der Waals surface area contributed by atoms with Crippen molar-refractivity contribution in [3.8, 4) is 0 Å². The third kappa shape index (κ3) is 4.14. The molecule has 4 heteroatoms. The van der Waals surface area contributed by atoms with Crippen LogP contribution in [0.5, 0.6) is 0 Å². The number of hydrogen-bond acceptors (Lipinski definition) is 2. The number of likely N-dealkylation sites (tertiary alicyclic amines) is 1. The van der Waals surface area contributed by atoms with Crippen molar-refractivity contribution in [3.63, 3.8) is 0 Å². The summed E-state index contributed by atoms with van der Waals surface area (Å²) in [7, 11) is 0. The first-order valence-corrected chi connectivity index (χ1v) is 8.37. The third-order valence-electron chi connectivity index (χ3n) is 5.37. The molecule has 3 unspecified atom stereocenters. The minimum absolute atomic E-state index is 0.146. The zero-order valence-corrected chi connectivity index (χ0v) is 12.5. The second-order valence-corrected chi connectivity index (χ2v) is 7.31. The summed E-state index contributed by atoms with van der Waals surface area (Å²) in [5.41, 5.74) is 0. The Morgan fingerprint density at radius 3 is 2.45 bits per heavy atom. The molecule has 1 saturated heterocycles. The fraction of sp³-hybridized carbons (Fsp3) is 1.00. The standard InChI is InChI=1S/C16H28F2N2/c1-11(14-4-5-14)20-9-13(6-12-2-3-12)7-15(10-20)19-8-16(17)18/h11-16,19H,2-10H2,1H3. The summed E-state index contributed by atoms with van der Waals surface area (Å²) >= 11 is 0. The lowest BCUT2D eigenvalue weighted by molar-refractivity contribution is 0.0765. The maximum Gasteiger partial charge on any atom is 0.250 e. The summed E-state index contributed by atoms with van der Waals surface area (Å²) in [6, 6.07) is 0.913. The zero-order chi connectivity index (χ0) is 14.1. The smallest absolute Gasteiger partial charge is 0.250 e. The van der Waals surface area contributed by atoms with Crippen LogP contribution in [0.3, 0.4) is 0 Å². The Morgan fingerprint density at radius 1 is 1.10 bits per heavy atom. The molecule has 1 N–H and O–H groups in total. The van der Waals surface area contributed by atoms with E-state index in [0.717, 1.165) is 24.8 Å². The monoisotopic (exact) mass is 286 g/mol. The predicted molar refractivity (Wildman–Crippen MR) is 77.0 cm³/mol. The van der Waals surface area contributed by atoms with Crippen LogP contribution in [0.15, 0.2) is 0 Å². The normalized spacial score (nSPS) is 33.6. The Labute approximate surface area is 121 Å². The van der Waals surface area contributed by atoms with Gasteiger partial charge in [-0.1, -0.05) is 12.8 Å². The highest BCUT2D eigenvalue weighted by atomic mass is 19.3. The minimum Gasteiger partial charge on any atom is -0.307 e. The number of alkyl halides is 2. The van der Waals surface area contributed by atoms with Gasteiger partial charge in [0.25, 0.3) is 6.43 Å². The number of nitrogens with one attached hydrogen (secondary N) is 1. The van der Waals surface area contributed by atoms with Gasteiger partial charge >= 0.3 is 0 Å². The molecule has 0 aromatic carbocycles. The summed E-state index contributed by atoms with van der Waals surface area (Å²) in [5.74, 6) is 2.52. The number of rotatable bonds is 7. The fourth-order valence-electron chi connectivity index (χ4n) is 3.85. The van der Waals surface area contributed by atoms with E-state index >= 15 is 0 Å². The van der Waals surface area contributed by atoms with Gasteiger partial charge in [-0.25, -0.2) is 8.78 Å². The van der Waals surface area contributed by atoms with Gasteiger partial charge in [0.15, 0.2) is 0 Å². The molecular weight excluding hydrogens is 258 g/mol. The van der Waals surface area contributed by atoms with E-state index < -0.39 is 6.43 Å². The van der Waals surface area contributed by atoms with Gasteiger partial charge in [-0.2, -0.15) is 0 Å². The first kappa shape index (κ1) is 14.7. The lowest BCUT2D eigenvalue weighted by atomic mass is 9.88. The summed E-state index contributed by atoms with van der Waals surface area (Å²) in [6.07, 6.45) is 5.69. The second kappa shape index (κ2) is 6.27. The van der Waals surface area contributed by atoms with Crippen LogP contribution < -0.4 is 5.32 Å². The molecule has 3 fully saturated rings. The number of hydrogen-bond donors (Lipinski definition) is 1. The van der Waals surface area contributed by atoms with Gasteiger partial charge in [-0.3, -0.25) is 4.90 Å². The number of piperidine rings is 1. The molecule has 0 radical (unpaired) electrons. The fourth-order valence-corrected chi connectivity index (χ4v) is 3.85. The van der Waals surface area contributed by atoms with E-state index in [1.54, 1.807) is 0 Å². The second-order valence-electron chi connectivity index (χ2n) is 7.31. The highest BCUT2D eigenvalue weighted by Gasteiger charge is 2.38. The van der Waals surface area contributed by atoms with E-state index in [0.29, 0.717) is 12.0 Å². The quantitative estimate of drug-likeness (QED) is 0.773. The minimum atomic E-state index is -2.23. The molecule has 3 aliphatic rings.